The monoisotopic (exact) mass is 164 g/mol. The van der Waals surface area contributed by atoms with E-state index < -0.39 is 5.97 Å². The summed E-state index contributed by atoms with van der Waals surface area (Å²) in [5.74, 6) is -1.04. The highest BCUT2D eigenvalue weighted by Gasteiger charge is 1.89. The summed E-state index contributed by atoms with van der Waals surface area (Å²) in [6.07, 6.45) is 2.51. The first-order valence-electron chi connectivity index (χ1n) is 3.41. The van der Waals surface area contributed by atoms with Crippen molar-refractivity contribution in [1.29, 1.82) is 0 Å². The Morgan fingerprint density at radius 2 is 2.50 bits per heavy atom. The number of hydrogen-bond acceptors (Lipinski definition) is 3. The molecule has 1 heterocycles. The van der Waals surface area contributed by atoms with E-state index in [-0.39, 0.29) is 0 Å². The number of hydrogen-bond donors (Lipinski definition) is 1. The Morgan fingerprint density at radius 3 is 3.08 bits per heavy atom. The molecule has 0 amide bonds. The minimum Gasteiger partial charge on any atom is -0.477 e. The fourth-order valence-electron chi connectivity index (χ4n) is 0.709. The molecule has 0 spiro atoms. The molecule has 4 heteroatoms. The highest BCUT2D eigenvalue weighted by Crippen LogP contribution is 1.93. The third kappa shape index (κ3) is 2.92. The second kappa shape index (κ2) is 4.23. The van der Waals surface area contributed by atoms with Crippen LogP contribution < -0.4 is 0 Å². The summed E-state index contributed by atoms with van der Waals surface area (Å²) in [6, 6.07) is 5.42. The van der Waals surface area contributed by atoms with E-state index in [9.17, 15) is 4.79 Å². The van der Waals surface area contributed by atoms with Gasteiger partial charge in [0.15, 0.2) is 0 Å². The molecule has 0 atom stereocenters. The van der Waals surface area contributed by atoms with Gasteiger partial charge in [-0.15, -0.1) is 0 Å². The molecule has 0 unspecified atom stereocenters. The van der Waals surface area contributed by atoms with Crippen molar-refractivity contribution in [3.05, 3.63) is 30.1 Å². The summed E-state index contributed by atoms with van der Waals surface area (Å²) in [4.78, 5) is 17.6. The molecular weight excluding hydrogens is 156 g/mol. The van der Waals surface area contributed by atoms with Crippen molar-refractivity contribution in [3.8, 4) is 0 Å². The summed E-state index contributed by atoms with van der Waals surface area (Å²) in [7, 11) is 0. The van der Waals surface area contributed by atoms with Crippen molar-refractivity contribution in [2.45, 2.75) is 6.54 Å². The molecule has 4 nitrogen and oxygen atoms in total. The van der Waals surface area contributed by atoms with Gasteiger partial charge in [-0.25, -0.2) is 4.79 Å². The number of rotatable bonds is 3. The first-order chi connectivity index (χ1) is 5.79. The number of aromatic nitrogens is 1. The Labute approximate surface area is 69.6 Å². The van der Waals surface area contributed by atoms with E-state index in [0.717, 1.165) is 11.9 Å². The summed E-state index contributed by atoms with van der Waals surface area (Å²) in [6.45, 7) is 0.313. The van der Waals surface area contributed by atoms with Crippen molar-refractivity contribution in [3.63, 3.8) is 0 Å². The molecule has 0 radical (unpaired) electrons. The maximum atomic E-state index is 10.0. The van der Waals surface area contributed by atoms with Gasteiger partial charge in [-0.1, -0.05) is 6.07 Å². The van der Waals surface area contributed by atoms with Crippen molar-refractivity contribution in [1.82, 2.24) is 4.98 Å². The lowest BCUT2D eigenvalue weighted by Crippen LogP contribution is -1.96. The van der Waals surface area contributed by atoms with Crippen LogP contribution in [0.4, 0.5) is 0 Å². The lowest BCUT2D eigenvalue weighted by Gasteiger charge is -1.91. The average Bonchev–Trinajstić information content (AvgIpc) is 2.05. The lowest BCUT2D eigenvalue weighted by molar-refractivity contribution is -0.128. The summed E-state index contributed by atoms with van der Waals surface area (Å²) in [5, 5.41) is 8.22. The van der Waals surface area contributed by atoms with Gasteiger partial charge in [0.25, 0.3) is 0 Å². The first kappa shape index (κ1) is 8.39. The van der Waals surface area contributed by atoms with Gasteiger partial charge >= 0.3 is 5.97 Å². The van der Waals surface area contributed by atoms with E-state index in [1.54, 1.807) is 18.3 Å². The second-order valence-electron chi connectivity index (χ2n) is 2.13. The van der Waals surface area contributed by atoms with Crippen LogP contribution in [0.25, 0.3) is 0 Å². The molecule has 0 aromatic carbocycles. The predicted octanol–water partition coefficient (Wildman–Crippen LogP) is 0.737. The molecule has 0 aliphatic heterocycles. The number of pyridine rings is 1. The number of aliphatic imine (C=N–C) groups is 1. The van der Waals surface area contributed by atoms with Crippen LogP contribution in [0.5, 0.6) is 0 Å². The molecule has 12 heavy (non-hydrogen) atoms. The standard InChI is InChI=1S/C8H8N2O2/c11-8(12)6-9-5-7-3-1-2-4-10-7/h1-4,6H,5H2,(H,11,12). The molecule has 0 aliphatic carbocycles. The minimum absolute atomic E-state index is 0.313. The molecule has 0 saturated heterocycles. The average molecular weight is 164 g/mol. The summed E-state index contributed by atoms with van der Waals surface area (Å²) < 4.78 is 0. The molecule has 1 rings (SSSR count). The van der Waals surface area contributed by atoms with Crippen LogP contribution in [-0.2, 0) is 11.3 Å². The Hall–Kier alpha value is -1.71. The summed E-state index contributed by atoms with van der Waals surface area (Å²) >= 11 is 0. The Balaban J connectivity index is 2.49. The molecule has 1 aromatic heterocycles. The van der Waals surface area contributed by atoms with Crippen LogP contribution in [0, 0.1) is 0 Å². The second-order valence-corrected chi connectivity index (χ2v) is 2.13. The molecular formula is C8H8N2O2. The number of carboxylic acids is 1. The number of carboxylic acid groups (broad SMARTS) is 1. The summed E-state index contributed by atoms with van der Waals surface area (Å²) in [5.41, 5.74) is 0.759. The van der Waals surface area contributed by atoms with E-state index in [0.29, 0.717) is 6.54 Å². The van der Waals surface area contributed by atoms with Gasteiger partial charge < -0.3 is 5.11 Å². The van der Waals surface area contributed by atoms with Crippen LogP contribution in [0.2, 0.25) is 0 Å². The maximum Gasteiger partial charge on any atom is 0.346 e. The molecule has 0 saturated carbocycles. The smallest absolute Gasteiger partial charge is 0.346 e. The highest BCUT2D eigenvalue weighted by molar-refractivity contribution is 6.21. The van der Waals surface area contributed by atoms with Crippen LogP contribution >= 0.6 is 0 Å². The van der Waals surface area contributed by atoms with Crippen molar-refractivity contribution >= 4 is 12.2 Å². The van der Waals surface area contributed by atoms with Gasteiger partial charge in [0.05, 0.1) is 12.2 Å². The van der Waals surface area contributed by atoms with E-state index in [1.165, 1.54) is 0 Å². The fourth-order valence-corrected chi connectivity index (χ4v) is 0.709. The number of aliphatic carboxylic acids is 1. The van der Waals surface area contributed by atoms with Gasteiger partial charge in [-0.2, -0.15) is 0 Å². The number of carbonyl (C=O) groups is 1. The van der Waals surface area contributed by atoms with Crippen molar-refractivity contribution in [2.75, 3.05) is 0 Å². The van der Waals surface area contributed by atoms with E-state index >= 15 is 0 Å². The number of nitrogens with zero attached hydrogens (tertiary/aromatic N) is 2. The molecule has 1 aromatic rings. The zero-order valence-corrected chi connectivity index (χ0v) is 6.34. The first-order valence-corrected chi connectivity index (χ1v) is 3.41. The Kier molecular flexibility index (Phi) is 2.95. The van der Waals surface area contributed by atoms with Gasteiger partial charge in [0.2, 0.25) is 0 Å². The molecule has 1 N–H and O–H groups in total. The maximum absolute atomic E-state index is 10.0. The van der Waals surface area contributed by atoms with E-state index in [2.05, 4.69) is 9.98 Å². The van der Waals surface area contributed by atoms with Crippen LogP contribution in [0.1, 0.15) is 5.69 Å². The highest BCUT2D eigenvalue weighted by atomic mass is 16.4. The largest absolute Gasteiger partial charge is 0.477 e. The third-order valence-corrected chi connectivity index (χ3v) is 1.18. The van der Waals surface area contributed by atoms with Crippen LogP contribution in [-0.4, -0.2) is 22.3 Å². The molecule has 0 fully saturated rings. The quantitative estimate of drug-likeness (QED) is 0.670. The Morgan fingerprint density at radius 1 is 1.67 bits per heavy atom. The molecule has 0 aliphatic rings. The SMILES string of the molecule is O=C(O)C=NCc1ccccn1. The van der Waals surface area contributed by atoms with Crippen molar-refractivity contribution < 1.29 is 9.90 Å². The van der Waals surface area contributed by atoms with E-state index in [4.69, 9.17) is 5.11 Å². The van der Waals surface area contributed by atoms with Gasteiger partial charge in [-0.05, 0) is 12.1 Å². The van der Waals surface area contributed by atoms with Gasteiger partial charge in [0, 0.05) is 6.20 Å². The molecule has 0 bridgehead atoms. The predicted molar refractivity (Wildman–Crippen MR) is 44.1 cm³/mol. The van der Waals surface area contributed by atoms with E-state index in [1.807, 2.05) is 6.07 Å². The van der Waals surface area contributed by atoms with Crippen molar-refractivity contribution in [2.24, 2.45) is 4.99 Å². The third-order valence-electron chi connectivity index (χ3n) is 1.18. The zero-order valence-electron chi connectivity index (χ0n) is 6.34. The zero-order chi connectivity index (χ0) is 8.81. The molecule has 62 valence electrons. The lowest BCUT2D eigenvalue weighted by atomic mass is 10.3. The normalized spacial score (nSPS) is 10.3. The van der Waals surface area contributed by atoms with Gasteiger partial charge in [-0.3, -0.25) is 9.98 Å². The fraction of sp³-hybridized carbons (Fsp3) is 0.125. The van der Waals surface area contributed by atoms with Crippen LogP contribution in [0.3, 0.4) is 0 Å². The topological polar surface area (TPSA) is 62.5 Å². The minimum atomic E-state index is -1.04. The van der Waals surface area contributed by atoms with Crippen LogP contribution in [0.15, 0.2) is 29.4 Å². The Bertz CT molecular complexity index is 282. The van der Waals surface area contributed by atoms with Gasteiger partial charge in [0.1, 0.15) is 6.21 Å².